The van der Waals surface area contributed by atoms with Gasteiger partial charge in [-0.1, -0.05) is 18.2 Å². The lowest BCUT2D eigenvalue weighted by Crippen LogP contribution is -2.15. The van der Waals surface area contributed by atoms with Crippen molar-refractivity contribution >= 4 is 34.9 Å². The number of hydrogen-bond acceptors (Lipinski definition) is 8. The zero-order chi connectivity index (χ0) is 17.6. The molecule has 0 aliphatic carbocycles. The van der Waals surface area contributed by atoms with Gasteiger partial charge in [0.05, 0.1) is 6.42 Å². The maximum absolute atomic E-state index is 12.0. The van der Waals surface area contributed by atoms with Crippen LogP contribution in [-0.2, 0) is 16.0 Å². The number of benzene rings is 1. The molecule has 0 amide bonds. The number of anilines is 3. The monoisotopic (exact) mass is 355 g/mol. The first-order chi connectivity index (χ1) is 12.1. The van der Waals surface area contributed by atoms with Gasteiger partial charge in [-0.15, -0.1) is 0 Å². The minimum absolute atomic E-state index is 0.0594. The Balaban J connectivity index is 1.69. The Kier molecular flexibility index (Phi) is 5.20. The first kappa shape index (κ1) is 16.8. The van der Waals surface area contributed by atoms with Crippen LogP contribution >= 0.6 is 11.3 Å². The molecule has 3 aromatic rings. The van der Waals surface area contributed by atoms with Gasteiger partial charge in [0.2, 0.25) is 11.9 Å². The number of carbonyl (C=O) groups is 1. The van der Waals surface area contributed by atoms with Crippen molar-refractivity contribution in [2.45, 2.75) is 19.4 Å². The smallest absolute Gasteiger partial charge is 0.311 e. The lowest BCUT2D eigenvalue weighted by atomic mass is 10.2. The highest BCUT2D eigenvalue weighted by Crippen LogP contribution is 2.18. The molecule has 8 heteroatoms. The molecule has 128 valence electrons. The molecular weight excluding hydrogens is 338 g/mol. The molecule has 0 aliphatic rings. The Hall–Kier alpha value is -3.00. The molecule has 1 atom stereocenters. The van der Waals surface area contributed by atoms with Crippen molar-refractivity contribution < 1.29 is 9.53 Å². The zero-order valence-corrected chi connectivity index (χ0v) is 14.4. The van der Waals surface area contributed by atoms with Crippen LogP contribution in [0.15, 0.2) is 47.2 Å². The fourth-order valence-electron chi connectivity index (χ4n) is 2.15. The van der Waals surface area contributed by atoms with Gasteiger partial charge in [0.25, 0.3) is 0 Å². The molecule has 7 nitrogen and oxygen atoms in total. The van der Waals surface area contributed by atoms with E-state index in [4.69, 9.17) is 10.5 Å². The van der Waals surface area contributed by atoms with Crippen molar-refractivity contribution in [2.75, 3.05) is 11.1 Å². The van der Waals surface area contributed by atoms with E-state index in [2.05, 4.69) is 20.3 Å². The van der Waals surface area contributed by atoms with Crippen molar-refractivity contribution in [1.29, 1.82) is 0 Å². The van der Waals surface area contributed by atoms with Crippen molar-refractivity contribution in [3.8, 4) is 0 Å². The summed E-state index contributed by atoms with van der Waals surface area (Å²) in [6.45, 7) is 1.70. The molecule has 0 unspecified atom stereocenters. The molecule has 0 saturated heterocycles. The second-order valence-corrected chi connectivity index (χ2v) is 6.09. The van der Waals surface area contributed by atoms with Gasteiger partial charge in [0.1, 0.15) is 0 Å². The van der Waals surface area contributed by atoms with Crippen molar-refractivity contribution in [2.24, 2.45) is 0 Å². The van der Waals surface area contributed by atoms with E-state index in [-0.39, 0.29) is 18.3 Å². The van der Waals surface area contributed by atoms with E-state index in [9.17, 15) is 4.79 Å². The summed E-state index contributed by atoms with van der Waals surface area (Å²) in [5.74, 6) is 0.311. The number of carbonyl (C=O) groups excluding carboxylic acids is 1. The van der Waals surface area contributed by atoms with Gasteiger partial charge in [-0.3, -0.25) is 4.79 Å². The molecule has 0 bridgehead atoms. The highest BCUT2D eigenvalue weighted by molar-refractivity contribution is 7.07. The summed E-state index contributed by atoms with van der Waals surface area (Å²) in [6, 6.07) is 11.3. The summed E-state index contributed by atoms with van der Waals surface area (Å²) in [4.78, 5) is 24.4. The molecule has 2 heterocycles. The number of aromatic nitrogens is 3. The SMILES string of the molecule is C[C@@H](OC(=O)Cc1ccsc1)c1nc(N)nc(Nc2ccccc2)n1. The van der Waals surface area contributed by atoms with E-state index < -0.39 is 6.10 Å². The number of nitrogens with two attached hydrogens (primary N) is 1. The van der Waals surface area contributed by atoms with Crippen LogP contribution in [0.4, 0.5) is 17.6 Å². The standard InChI is InChI=1S/C17H17N5O2S/c1-11(24-14(23)9-12-7-8-25-10-12)15-20-16(18)22-17(21-15)19-13-5-3-2-4-6-13/h2-8,10-11H,9H2,1H3,(H3,18,19,20,21,22)/t11-/m1/s1. The summed E-state index contributed by atoms with van der Waals surface area (Å²) in [5, 5.41) is 6.88. The Bertz CT molecular complexity index is 840. The van der Waals surface area contributed by atoms with Gasteiger partial charge >= 0.3 is 5.97 Å². The van der Waals surface area contributed by atoms with E-state index >= 15 is 0 Å². The number of esters is 1. The Morgan fingerprint density at radius 2 is 2.04 bits per heavy atom. The summed E-state index contributed by atoms with van der Waals surface area (Å²) in [5.41, 5.74) is 7.49. The summed E-state index contributed by atoms with van der Waals surface area (Å²) in [7, 11) is 0. The second kappa shape index (κ2) is 7.71. The van der Waals surface area contributed by atoms with Crippen LogP contribution in [-0.4, -0.2) is 20.9 Å². The third-order valence-corrected chi connectivity index (χ3v) is 4.03. The van der Waals surface area contributed by atoms with Gasteiger partial charge in [0.15, 0.2) is 11.9 Å². The molecule has 1 aromatic carbocycles. The van der Waals surface area contributed by atoms with Crippen molar-refractivity contribution in [3.05, 3.63) is 58.5 Å². The van der Waals surface area contributed by atoms with Crippen molar-refractivity contribution in [3.63, 3.8) is 0 Å². The molecular formula is C17H17N5O2S. The zero-order valence-electron chi connectivity index (χ0n) is 13.5. The summed E-state index contributed by atoms with van der Waals surface area (Å²) in [6.07, 6.45) is -0.420. The molecule has 3 N–H and O–H groups in total. The van der Waals surface area contributed by atoms with Gasteiger partial charge in [-0.05, 0) is 41.4 Å². The first-order valence-electron chi connectivity index (χ1n) is 7.64. The lowest BCUT2D eigenvalue weighted by molar-refractivity contribution is -0.148. The number of nitrogens with zero attached hydrogens (tertiary/aromatic N) is 3. The molecule has 3 rings (SSSR count). The van der Waals surface area contributed by atoms with E-state index in [1.54, 1.807) is 6.92 Å². The minimum atomic E-state index is -0.632. The third kappa shape index (κ3) is 4.74. The largest absolute Gasteiger partial charge is 0.454 e. The molecule has 0 spiro atoms. The highest BCUT2D eigenvalue weighted by Gasteiger charge is 2.17. The van der Waals surface area contributed by atoms with Gasteiger partial charge in [-0.2, -0.15) is 26.3 Å². The number of nitrogen functional groups attached to an aromatic ring is 1. The third-order valence-electron chi connectivity index (χ3n) is 3.30. The van der Waals surface area contributed by atoms with Crippen LogP contribution in [0.1, 0.15) is 24.4 Å². The topological polar surface area (TPSA) is 103 Å². The van der Waals surface area contributed by atoms with Crippen LogP contribution in [0.3, 0.4) is 0 Å². The molecule has 0 saturated carbocycles. The average molecular weight is 355 g/mol. The van der Waals surface area contributed by atoms with Crippen LogP contribution < -0.4 is 11.1 Å². The lowest BCUT2D eigenvalue weighted by Gasteiger charge is -2.13. The molecule has 0 radical (unpaired) electrons. The minimum Gasteiger partial charge on any atom is -0.454 e. The Labute approximate surface area is 148 Å². The van der Waals surface area contributed by atoms with E-state index in [1.165, 1.54) is 11.3 Å². The maximum Gasteiger partial charge on any atom is 0.311 e. The predicted octanol–water partition coefficient (Wildman–Crippen LogP) is 3.11. The van der Waals surface area contributed by atoms with Crippen LogP contribution in [0, 0.1) is 0 Å². The summed E-state index contributed by atoms with van der Waals surface area (Å²) < 4.78 is 5.40. The van der Waals surface area contributed by atoms with Crippen LogP contribution in [0.5, 0.6) is 0 Å². The number of thiophene rings is 1. The number of nitrogens with one attached hydrogen (secondary N) is 1. The van der Waals surface area contributed by atoms with Crippen LogP contribution in [0.2, 0.25) is 0 Å². The average Bonchev–Trinajstić information content (AvgIpc) is 3.08. The van der Waals surface area contributed by atoms with Gasteiger partial charge < -0.3 is 15.8 Å². The Morgan fingerprint density at radius 3 is 2.76 bits per heavy atom. The number of para-hydroxylation sites is 1. The van der Waals surface area contributed by atoms with E-state index in [0.717, 1.165) is 11.3 Å². The number of hydrogen-bond donors (Lipinski definition) is 2. The molecule has 2 aromatic heterocycles. The molecule has 0 aliphatic heterocycles. The first-order valence-corrected chi connectivity index (χ1v) is 8.58. The maximum atomic E-state index is 12.0. The second-order valence-electron chi connectivity index (χ2n) is 5.31. The molecule has 0 fully saturated rings. The van der Waals surface area contributed by atoms with Gasteiger partial charge in [-0.25, -0.2) is 0 Å². The summed E-state index contributed by atoms with van der Waals surface area (Å²) >= 11 is 1.54. The van der Waals surface area contributed by atoms with Crippen LogP contribution in [0.25, 0.3) is 0 Å². The number of rotatable bonds is 6. The predicted molar refractivity (Wildman–Crippen MR) is 96.5 cm³/mol. The fourth-order valence-corrected chi connectivity index (χ4v) is 2.82. The highest BCUT2D eigenvalue weighted by atomic mass is 32.1. The van der Waals surface area contributed by atoms with E-state index in [1.807, 2.05) is 47.2 Å². The fraction of sp³-hybridized carbons (Fsp3) is 0.176. The van der Waals surface area contributed by atoms with Gasteiger partial charge in [0, 0.05) is 5.69 Å². The normalized spacial score (nSPS) is 11.7. The number of ether oxygens (including phenoxy) is 1. The Morgan fingerprint density at radius 1 is 1.24 bits per heavy atom. The van der Waals surface area contributed by atoms with E-state index in [0.29, 0.717) is 11.8 Å². The quantitative estimate of drug-likeness (QED) is 0.655. The van der Waals surface area contributed by atoms with Crippen molar-refractivity contribution in [1.82, 2.24) is 15.0 Å². The molecule has 25 heavy (non-hydrogen) atoms.